The predicted molar refractivity (Wildman–Crippen MR) is 109 cm³/mol. The van der Waals surface area contributed by atoms with Crippen molar-refractivity contribution in [1.29, 1.82) is 0 Å². The molecule has 2 aromatic rings. The third kappa shape index (κ3) is 6.95. The van der Waals surface area contributed by atoms with Gasteiger partial charge in [0.05, 0.1) is 27.6 Å². The zero-order valence-electron chi connectivity index (χ0n) is 15.1. The molecule has 1 aromatic heterocycles. The highest BCUT2D eigenvalue weighted by Crippen LogP contribution is 2.25. The maximum Gasteiger partial charge on any atom is 0.327 e. The quantitative estimate of drug-likeness (QED) is 0.471. The maximum absolute atomic E-state index is 12.5. The molecule has 0 saturated carbocycles. The van der Waals surface area contributed by atoms with E-state index in [-0.39, 0.29) is 21.5 Å². The van der Waals surface area contributed by atoms with E-state index in [2.05, 4.69) is 5.32 Å². The van der Waals surface area contributed by atoms with Crippen LogP contribution in [0.3, 0.4) is 0 Å². The van der Waals surface area contributed by atoms with Crippen LogP contribution in [0.1, 0.15) is 11.8 Å². The fourth-order valence-electron chi connectivity index (χ4n) is 2.10. The van der Waals surface area contributed by atoms with Crippen molar-refractivity contribution in [3.8, 4) is 0 Å². The number of nitrogens with one attached hydrogen (secondary N) is 2. The Hall–Kier alpha value is -1.69. The third-order valence-corrected chi connectivity index (χ3v) is 6.66. The molecular weight excluding hydrogens is 463 g/mol. The van der Waals surface area contributed by atoms with Crippen LogP contribution in [-0.2, 0) is 30.9 Å². The van der Waals surface area contributed by atoms with Crippen LogP contribution in [0.5, 0.6) is 0 Å². The molecule has 1 amide bonds. The number of halogens is 2. The number of hydrogen-bond donors (Lipinski definition) is 3. The van der Waals surface area contributed by atoms with E-state index in [1.807, 2.05) is 22.2 Å². The minimum Gasteiger partial charge on any atom is -0.454 e. The van der Waals surface area contributed by atoms with Gasteiger partial charge in [-0.3, -0.25) is 9.59 Å². The van der Waals surface area contributed by atoms with Gasteiger partial charge in [0.15, 0.2) is 6.61 Å². The Labute approximate surface area is 181 Å². The lowest BCUT2D eigenvalue weighted by atomic mass is 10.2. The van der Waals surface area contributed by atoms with Crippen LogP contribution in [-0.4, -0.2) is 44.2 Å². The van der Waals surface area contributed by atoms with Gasteiger partial charge in [-0.2, -0.15) is 4.72 Å². The SMILES string of the molecule is C[C@H](O)[C@H](NS(=O)(=O)c1ccc(Cl)c(Cl)c1)C(=O)OCC(=O)NCc1cccs1. The number of sulfonamides is 1. The molecule has 2 atom stereocenters. The first-order valence-electron chi connectivity index (χ1n) is 8.21. The number of carbonyl (C=O) groups excluding carboxylic acids is 2. The summed E-state index contributed by atoms with van der Waals surface area (Å²) in [6, 6.07) is 5.62. The Kier molecular flexibility index (Phi) is 8.44. The fourth-order valence-corrected chi connectivity index (χ4v) is 4.39. The highest BCUT2D eigenvalue weighted by Gasteiger charge is 2.31. The van der Waals surface area contributed by atoms with Crippen LogP contribution >= 0.6 is 34.5 Å². The summed E-state index contributed by atoms with van der Waals surface area (Å²) in [6.45, 7) is 0.861. The molecule has 8 nitrogen and oxygen atoms in total. The predicted octanol–water partition coefficient (Wildman–Crippen LogP) is 1.94. The number of aliphatic hydroxyl groups excluding tert-OH is 1. The molecular formula is C17H18Cl2N2O6S2. The molecule has 0 saturated heterocycles. The van der Waals surface area contributed by atoms with Crippen molar-refractivity contribution in [3.05, 3.63) is 50.6 Å². The first-order valence-corrected chi connectivity index (χ1v) is 11.3. The molecule has 3 N–H and O–H groups in total. The number of ether oxygens (including phenoxy) is 1. The molecule has 0 unspecified atom stereocenters. The number of hydrogen-bond acceptors (Lipinski definition) is 7. The average Bonchev–Trinajstić information content (AvgIpc) is 3.18. The number of esters is 1. The van der Waals surface area contributed by atoms with Gasteiger partial charge in [-0.25, -0.2) is 8.42 Å². The summed E-state index contributed by atoms with van der Waals surface area (Å²) in [4.78, 5) is 24.7. The van der Waals surface area contributed by atoms with E-state index in [1.165, 1.54) is 30.4 Å². The van der Waals surface area contributed by atoms with Gasteiger partial charge >= 0.3 is 5.97 Å². The molecule has 12 heteroatoms. The first kappa shape index (κ1) is 23.6. The minimum absolute atomic E-state index is 0.00752. The molecule has 0 bridgehead atoms. The lowest BCUT2D eigenvalue weighted by Gasteiger charge is -2.20. The lowest BCUT2D eigenvalue weighted by Crippen LogP contribution is -2.49. The Morgan fingerprint density at radius 3 is 2.55 bits per heavy atom. The molecule has 0 radical (unpaired) electrons. The minimum atomic E-state index is -4.22. The molecule has 158 valence electrons. The summed E-state index contributed by atoms with van der Waals surface area (Å²) >= 11 is 13.0. The average molecular weight is 481 g/mol. The number of carbonyl (C=O) groups is 2. The van der Waals surface area contributed by atoms with Gasteiger partial charge in [0.2, 0.25) is 10.0 Å². The van der Waals surface area contributed by atoms with Crippen LogP contribution < -0.4 is 10.0 Å². The van der Waals surface area contributed by atoms with E-state index < -0.39 is 40.7 Å². The van der Waals surface area contributed by atoms with Crippen molar-refractivity contribution >= 4 is 56.4 Å². The molecule has 0 aliphatic heterocycles. The molecule has 29 heavy (non-hydrogen) atoms. The van der Waals surface area contributed by atoms with Crippen LogP contribution in [0.4, 0.5) is 0 Å². The van der Waals surface area contributed by atoms with Gasteiger partial charge in [0.1, 0.15) is 6.04 Å². The smallest absolute Gasteiger partial charge is 0.327 e. The Bertz CT molecular complexity index is 964. The summed E-state index contributed by atoms with van der Waals surface area (Å²) in [5.74, 6) is -1.67. The van der Waals surface area contributed by atoms with Crippen molar-refractivity contribution in [2.75, 3.05) is 6.61 Å². The number of benzene rings is 1. The van der Waals surface area contributed by atoms with E-state index in [1.54, 1.807) is 0 Å². The summed E-state index contributed by atoms with van der Waals surface area (Å²) < 4.78 is 31.8. The number of aliphatic hydroxyl groups is 1. The Morgan fingerprint density at radius 1 is 1.24 bits per heavy atom. The van der Waals surface area contributed by atoms with E-state index >= 15 is 0 Å². The second-order valence-electron chi connectivity index (χ2n) is 5.88. The van der Waals surface area contributed by atoms with Gasteiger partial charge in [0.25, 0.3) is 5.91 Å². The molecule has 0 aliphatic rings. The maximum atomic E-state index is 12.5. The monoisotopic (exact) mass is 480 g/mol. The highest BCUT2D eigenvalue weighted by molar-refractivity contribution is 7.89. The van der Waals surface area contributed by atoms with Gasteiger partial charge in [-0.05, 0) is 36.6 Å². The first-order chi connectivity index (χ1) is 13.6. The lowest BCUT2D eigenvalue weighted by molar-refractivity contribution is -0.152. The van der Waals surface area contributed by atoms with Crippen molar-refractivity contribution in [2.24, 2.45) is 0 Å². The van der Waals surface area contributed by atoms with Crippen molar-refractivity contribution in [3.63, 3.8) is 0 Å². The normalized spacial score (nSPS) is 13.5. The van der Waals surface area contributed by atoms with Crippen LogP contribution in [0.25, 0.3) is 0 Å². The van der Waals surface area contributed by atoms with E-state index in [0.717, 1.165) is 10.9 Å². The van der Waals surface area contributed by atoms with Gasteiger partial charge in [0, 0.05) is 4.88 Å². The summed E-state index contributed by atoms with van der Waals surface area (Å²) in [7, 11) is -4.22. The second kappa shape index (κ2) is 10.4. The zero-order valence-corrected chi connectivity index (χ0v) is 18.2. The standard InChI is InChI=1S/C17H18Cl2N2O6S2/c1-10(22)16(21-29(25,26)12-4-5-13(18)14(19)7-12)17(24)27-9-15(23)20-8-11-3-2-6-28-11/h2-7,10,16,21-22H,8-9H2,1H3,(H,20,23)/t10-,16-/m0/s1. The summed E-state index contributed by atoms with van der Waals surface area (Å²) in [5, 5.41) is 14.4. The summed E-state index contributed by atoms with van der Waals surface area (Å²) in [6.07, 6.45) is -1.42. The number of amides is 1. The van der Waals surface area contributed by atoms with Crippen molar-refractivity contribution in [2.45, 2.75) is 30.5 Å². The van der Waals surface area contributed by atoms with Gasteiger partial charge in [-0.15, -0.1) is 11.3 Å². The van der Waals surface area contributed by atoms with E-state index in [9.17, 15) is 23.1 Å². The number of thiophene rings is 1. The fraction of sp³-hybridized carbons (Fsp3) is 0.294. The molecule has 1 heterocycles. The topological polar surface area (TPSA) is 122 Å². The van der Waals surface area contributed by atoms with Gasteiger partial charge < -0.3 is 15.2 Å². The van der Waals surface area contributed by atoms with Crippen molar-refractivity contribution in [1.82, 2.24) is 10.0 Å². The zero-order chi connectivity index (χ0) is 21.6. The van der Waals surface area contributed by atoms with E-state index in [4.69, 9.17) is 27.9 Å². The molecule has 0 fully saturated rings. The highest BCUT2D eigenvalue weighted by atomic mass is 35.5. The molecule has 1 aromatic carbocycles. The number of rotatable bonds is 9. The van der Waals surface area contributed by atoms with Crippen molar-refractivity contribution < 1.29 is 27.9 Å². The second-order valence-corrected chi connectivity index (χ2v) is 9.44. The summed E-state index contributed by atoms with van der Waals surface area (Å²) in [5.41, 5.74) is 0. The molecule has 0 aliphatic carbocycles. The van der Waals surface area contributed by atoms with Gasteiger partial charge in [-0.1, -0.05) is 29.3 Å². The largest absolute Gasteiger partial charge is 0.454 e. The Morgan fingerprint density at radius 2 is 1.97 bits per heavy atom. The third-order valence-electron chi connectivity index (χ3n) is 3.61. The Balaban J connectivity index is 1.97. The van der Waals surface area contributed by atoms with Crippen LogP contribution in [0.15, 0.2) is 40.6 Å². The van der Waals surface area contributed by atoms with E-state index in [0.29, 0.717) is 0 Å². The molecule has 0 spiro atoms. The van der Waals surface area contributed by atoms with Crippen LogP contribution in [0.2, 0.25) is 10.0 Å². The molecule has 2 rings (SSSR count). The van der Waals surface area contributed by atoms with Crippen LogP contribution in [0, 0.1) is 0 Å².